The van der Waals surface area contributed by atoms with Crippen molar-refractivity contribution in [2.45, 2.75) is 63.3 Å². The van der Waals surface area contributed by atoms with Gasteiger partial charge in [0.05, 0.1) is 4.90 Å². The Hall–Kier alpha value is -1.40. The molecule has 0 saturated carbocycles. The Morgan fingerprint density at radius 2 is 1.96 bits per heavy atom. The normalized spacial score (nSPS) is 25.2. The number of piperidine rings is 2. The van der Waals surface area contributed by atoms with E-state index < -0.39 is 10.0 Å². The molecule has 2 aliphatic heterocycles. The van der Waals surface area contributed by atoms with E-state index in [1.807, 2.05) is 4.90 Å². The largest absolute Gasteiger partial charge is 0.336 e. The standard InChI is InChI=1S/C20H30N2O3S/c1-3-18-10-4-5-13-22(18)20(23)17-9-6-11-19(14-17)26(24,25)21-12-7-8-16(2)15-21/h6,9,11,14,16,18H,3-5,7-8,10,12-13,15H2,1-2H3. The fraction of sp³-hybridized carbons (Fsp3) is 0.650. The highest BCUT2D eigenvalue weighted by Gasteiger charge is 2.30. The average Bonchev–Trinajstić information content (AvgIpc) is 2.67. The van der Waals surface area contributed by atoms with Crippen LogP contribution in [0.15, 0.2) is 29.2 Å². The molecule has 1 aromatic rings. The number of carbonyl (C=O) groups is 1. The van der Waals surface area contributed by atoms with Crippen molar-refractivity contribution in [2.24, 2.45) is 5.92 Å². The highest BCUT2D eigenvalue weighted by atomic mass is 32.2. The Labute approximate surface area is 157 Å². The number of carbonyl (C=O) groups excluding carboxylic acids is 1. The molecule has 2 heterocycles. The van der Waals surface area contributed by atoms with Crippen molar-refractivity contribution in [3.8, 4) is 0 Å². The molecule has 0 radical (unpaired) electrons. The van der Waals surface area contributed by atoms with Crippen LogP contribution < -0.4 is 0 Å². The van der Waals surface area contributed by atoms with Gasteiger partial charge in [-0.2, -0.15) is 4.31 Å². The third-order valence-electron chi connectivity index (χ3n) is 5.70. The predicted octanol–water partition coefficient (Wildman–Crippen LogP) is 3.51. The zero-order valence-electron chi connectivity index (χ0n) is 15.9. The van der Waals surface area contributed by atoms with Crippen LogP contribution in [0.25, 0.3) is 0 Å². The number of benzene rings is 1. The van der Waals surface area contributed by atoms with Crippen LogP contribution >= 0.6 is 0 Å². The summed E-state index contributed by atoms with van der Waals surface area (Å²) in [6.07, 6.45) is 6.11. The molecule has 3 rings (SSSR count). The smallest absolute Gasteiger partial charge is 0.254 e. The van der Waals surface area contributed by atoms with Gasteiger partial charge in [0.15, 0.2) is 0 Å². The minimum absolute atomic E-state index is 0.0411. The van der Waals surface area contributed by atoms with Crippen LogP contribution in [-0.2, 0) is 10.0 Å². The number of hydrogen-bond donors (Lipinski definition) is 0. The van der Waals surface area contributed by atoms with Gasteiger partial charge in [0.2, 0.25) is 10.0 Å². The van der Waals surface area contributed by atoms with Crippen LogP contribution in [-0.4, -0.2) is 49.2 Å². The van der Waals surface area contributed by atoms with Gasteiger partial charge in [-0.15, -0.1) is 0 Å². The van der Waals surface area contributed by atoms with Gasteiger partial charge >= 0.3 is 0 Å². The second-order valence-electron chi connectivity index (χ2n) is 7.69. The van der Waals surface area contributed by atoms with Crippen LogP contribution in [0.1, 0.15) is 62.7 Å². The minimum atomic E-state index is -3.54. The van der Waals surface area contributed by atoms with E-state index in [2.05, 4.69) is 13.8 Å². The average molecular weight is 379 g/mol. The first-order chi connectivity index (χ1) is 12.4. The predicted molar refractivity (Wildman–Crippen MR) is 103 cm³/mol. The lowest BCUT2D eigenvalue weighted by Crippen LogP contribution is -2.43. The summed E-state index contributed by atoms with van der Waals surface area (Å²) < 4.78 is 27.6. The lowest BCUT2D eigenvalue weighted by Gasteiger charge is -2.35. The molecule has 0 N–H and O–H groups in total. The van der Waals surface area contributed by atoms with Gasteiger partial charge in [0.25, 0.3) is 5.91 Å². The molecule has 26 heavy (non-hydrogen) atoms. The third kappa shape index (κ3) is 3.96. The summed E-state index contributed by atoms with van der Waals surface area (Å²) in [4.78, 5) is 15.2. The maximum atomic E-state index is 13.0. The summed E-state index contributed by atoms with van der Waals surface area (Å²) in [5.74, 6) is 0.336. The van der Waals surface area contributed by atoms with Crippen LogP contribution in [0.2, 0.25) is 0 Å². The molecule has 0 aromatic heterocycles. The maximum Gasteiger partial charge on any atom is 0.254 e. The van der Waals surface area contributed by atoms with E-state index in [1.54, 1.807) is 28.6 Å². The van der Waals surface area contributed by atoms with Crippen molar-refractivity contribution < 1.29 is 13.2 Å². The quantitative estimate of drug-likeness (QED) is 0.805. The molecule has 2 unspecified atom stereocenters. The van der Waals surface area contributed by atoms with E-state index in [4.69, 9.17) is 0 Å². The maximum absolute atomic E-state index is 13.0. The first-order valence-electron chi connectivity index (χ1n) is 9.84. The topological polar surface area (TPSA) is 57.7 Å². The van der Waals surface area contributed by atoms with Crippen LogP contribution in [0.4, 0.5) is 0 Å². The van der Waals surface area contributed by atoms with Crippen molar-refractivity contribution in [3.05, 3.63) is 29.8 Å². The molecule has 2 fully saturated rings. The second kappa shape index (κ2) is 8.09. The molecule has 144 valence electrons. The Morgan fingerprint density at radius 3 is 2.69 bits per heavy atom. The van der Waals surface area contributed by atoms with Crippen LogP contribution in [0.3, 0.4) is 0 Å². The highest BCUT2D eigenvalue weighted by molar-refractivity contribution is 7.89. The summed E-state index contributed by atoms with van der Waals surface area (Å²) in [6, 6.07) is 6.87. The van der Waals surface area contributed by atoms with E-state index >= 15 is 0 Å². The van der Waals surface area contributed by atoms with Gasteiger partial charge in [0.1, 0.15) is 0 Å². The van der Waals surface area contributed by atoms with E-state index in [0.717, 1.165) is 45.1 Å². The fourth-order valence-corrected chi connectivity index (χ4v) is 5.81. The SMILES string of the molecule is CCC1CCCCN1C(=O)c1cccc(S(=O)(=O)N2CCCC(C)C2)c1. The Balaban J connectivity index is 1.84. The summed E-state index contributed by atoms with van der Waals surface area (Å²) >= 11 is 0. The lowest BCUT2D eigenvalue weighted by molar-refractivity contribution is 0.0608. The molecule has 0 spiro atoms. The van der Waals surface area contributed by atoms with Gasteiger partial charge in [-0.25, -0.2) is 8.42 Å². The highest BCUT2D eigenvalue weighted by Crippen LogP contribution is 2.26. The molecule has 2 atom stereocenters. The monoisotopic (exact) mass is 378 g/mol. The molecule has 1 aromatic carbocycles. The summed E-state index contributed by atoms with van der Waals surface area (Å²) in [6.45, 7) is 6.08. The molecule has 1 amide bonds. The van der Waals surface area contributed by atoms with Gasteiger partial charge in [-0.1, -0.05) is 19.9 Å². The molecule has 2 aliphatic rings. The van der Waals surface area contributed by atoms with Crippen molar-refractivity contribution in [1.82, 2.24) is 9.21 Å². The van der Waals surface area contributed by atoms with E-state index in [-0.39, 0.29) is 16.8 Å². The summed E-state index contributed by atoms with van der Waals surface area (Å²) in [5, 5.41) is 0. The van der Waals surface area contributed by atoms with E-state index in [0.29, 0.717) is 24.6 Å². The summed E-state index contributed by atoms with van der Waals surface area (Å²) in [5.41, 5.74) is 0.483. The van der Waals surface area contributed by atoms with E-state index in [1.165, 1.54) is 0 Å². The van der Waals surface area contributed by atoms with Crippen molar-refractivity contribution in [1.29, 1.82) is 0 Å². The van der Waals surface area contributed by atoms with Crippen LogP contribution in [0, 0.1) is 5.92 Å². The molecule has 2 saturated heterocycles. The van der Waals surface area contributed by atoms with Gasteiger partial charge in [-0.3, -0.25) is 4.79 Å². The molecular weight excluding hydrogens is 348 g/mol. The van der Waals surface area contributed by atoms with Crippen molar-refractivity contribution in [2.75, 3.05) is 19.6 Å². The Bertz CT molecular complexity index is 747. The Kier molecular flexibility index (Phi) is 6.03. The van der Waals surface area contributed by atoms with Crippen molar-refractivity contribution in [3.63, 3.8) is 0 Å². The number of nitrogens with zero attached hydrogens (tertiary/aromatic N) is 2. The first-order valence-corrected chi connectivity index (χ1v) is 11.3. The fourth-order valence-electron chi connectivity index (χ4n) is 4.16. The van der Waals surface area contributed by atoms with Gasteiger partial charge in [-0.05, 0) is 62.6 Å². The van der Waals surface area contributed by atoms with Gasteiger partial charge in [0, 0.05) is 31.2 Å². The molecule has 0 aliphatic carbocycles. The molecule has 6 heteroatoms. The second-order valence-corrected chi connectivity index (χ2v) is 9.63. The number of hydrogen-bond acceptors (Lipinski definition) is 3. The van der Waals surface area contributed by atoms with Gasteiger partial charge < -0.3 is 4.90 Å². The van der Waals surface area contributed by atoms with E-state index in [9.17, 15) is 13.2 Å². The zero-order chi connectivity index (χ0) is 18.7. The zero-order valence-corrected chi connectivity index (χ0v) is 16.7. The number of likely N-dealkylation sites (tertiary alicyclic amines) is 1. The first kappa shape index (κ1) is 19.4. The molecule has 0 bridgehead atoms. The lowest BCUT2D eigenvalue weighted by atomic mass is 9.99. The number of amides is 1. The van der Waals surface area contributed by atoms with Crippen LogP contribution in [0.5, 0.6) is 0 Å². The Morgan fingerprint density at radius 1 is 1.15 bits per heavy atom. The third-order valence-corrected chi connectivity index (χ3v) is 7.56. The number of sulfonamides is 1. The van der Waals surface area contributed by atoms with Crippen molar-refractivity contribution >= 4 is 15.9 Å². The molecular formula is C20H30N2O3S. The summed E-state index contributed by atoms with van der Waals surface area (Å²) in [7, 11) is -3.54. The minimum Gasteiger partial charge on any atom is -0.336 e. The number of rotatable bonds is 4. The molecule has 5 nitrogen and oxygen atoms in total.